The molecule has 26 heavy (non-hydrogen) atoms. The summed E-state index contributed by atoms with van der Waals surface area (Å²) in [6.07, 6.45) is 6.20. The van der Waals surface area contributed by atoms with Crippen LogP contribution in [-0.4, -0.2) is 51.9 Å². The summed E-state index contributed by atoms with van der Waals surface area (Å²) in [6, 6.07) is 7.15. The van der Waals surface area contributed by atoms with Crippen LogP contribution < -0.4 is 0 Å². The van der Waals surface area contributed by atoms with Crippen LogP contribution in [0, 0.1) is 5.92 Å². The maximum atomic E-state index is 13.0. The minimum absolute atomic E-state index is 0.0408. The van der Waals surface area contributed by atoms with Crippen LogP contribution in [0.1, 0.15) is 48.9 Å². The summed E-state index contributed by atoms with van der Waals surface area (Å²) in [4.78, 5) is 29.8. The lowest BCUT2D eigenvalue weighted by Crippen LogP contribution is -2.54. The first-order valence-electron chi connectivity index (χ1n) is 9.59. The number of amides is 2. The summed E-state index contributed by atoms with van der Waals surface area (Å²) in [5.41, 5.74) is 0.645. The molecule has 1 aromatic rings. The van der Waals surface area contributed by atoms with E-state index >= 15 is 0 Å². The molecule has 140 valence electrons. The van der Waals surface area contributed by atoms with Gasteiger partial charge in [0.25, 0.3) is 5.91 Å². The smallest absolute Gasteiger partial charge is 0.253 e. The third kappa shape index (κ3) is 3.36. The molecule has 1 aromatic carbocycles. The Bertz CT molecular complexity index is 697. The number of hydrogen-bond donors (Lipinski definition) is 0. The van der Waals surface area contributed by atoms with Gasteiger partial charge >= 0.3 is 0 Å². The van der Waals surface area contributed by atoms with Gasteiger partial charge in [0.05, 0.1) is 4.87 Å². The van der Waals surface area contributed by atoms with Gasteiger partial charge in [-0.25, -0.2) is 0 Å². The molecular formula is C20H25ClN2O2S. The zero-order valence-electron chi connectivity index (χ0n) is 15.0. The lowest BCUT2D eigenvalue weighted by molar-refractivity contribution is -0.138. The van der Waals surface area contributed by atoms with Crippen molar-refractivity contribution in [2.75, 3.05) is 25.4 Å². The van der Waals surface area contributed by atoms with Gasteiger partial charge in [-0.05, 0) is 43.9 Å². The van der Waals surface area contributed by atoms with E-state index in [2.05, 4.69) is 4.90 Å². The molecule has 0 N–H and O–H groups in total. The van der Waals surface area contributed by atoms with E-state index in [9.17, 15) is 9.59 Å². The van der Waals surface area contributed by atoms with Gasteiger partial charge in [-0.15, -0.1) is 11.8 Å². The molecule has 0 bridgehead atoms. The van der Waals surface area contributed by atoms with Crippen molar-refractivity contribution in [2.24, 2.45) is 5.92 Å². The molecule has 4 nitrogen and oxygen atoms in total. The molecule has 3 aliphatic rings. The lowest BCUT2D eigenvalue weighted by Gasteiger charge is -2.44. The predicted octanol–water partition coefficient (Wildman–Crippen LogP) is 4.04. The molecule has 1 spiro atoms. The van der Waals surface area contributed by atoms with Crippen molar-refractivity contribution in [3.63, 3.8) is 0 Å². The molecule has 4 rings (SSSR count). The van der Waals surface area contributed by atoms with Gasteiger partial charge in [0.1, 0.15) is 0 Å². The maximum Gasteiger partial charge on any atom is 0.253 e. The van der Waals surface area contributed by atoms with Crippen molar-refractivity contribution in [3.05, 3.63) is 34.9 Å². The second kappa shape index (κ2) is 7.43. The average Bonchev–Trinajstić information content (AvgIpc) is 3.32. The Morgan fingerprint density at radius 1 is 1.12 bits per heavy atom. The fraction of sp³-hybridized carbons (Fsp3) is 0.600. The van der Waals surface area contributed by atoms with Crippen LogP contribution in [0.4, 0.5) is 0 Å². The van der Waals surface area contributed by atoms with E-state index in [0.717, 1.165) is 38.0 Å². The van der Waals surface area contributed by atoms with Crippen LogP contribution >= 0.6 is 23.4 Å². The molecule has 0 atom stereocenters. The van der Waals surface area contributed by atoms with Crippen LogP contribution in [0.2, 0.25) is 5.02 Å². The standard InChI is InChI=1S/C20H25ClN2O2S/c21-17-7-3-6-16(14-17)18(24)22-10-8-20(9-11-22)23(12-13-26-20)19(25)15-4-1-2-5-15/h3,6-7,14-15H,1-2,4-5,8-13H2. The SMILES string of the molecule is O=C(c1cccc(Cl)c1)N1CCC2(CC1)SCCN2C(=O)C1CCCC1. The average molecular weight is 393 g/mol. The summed E-state index contributed by atoms with van der Waals surface area (Å²) in [6.45, 7) is 2.27. The van der Waals surface area contributed by atoms with Crippen LogP contribution in [0.5, 0.6) is 0 Å². The number of benzene rings is 1. The van der Waals surface area contributed by atoms with Crippen LogP contribution in [0.15, 0.2) is 24.3 Å². The summed E-state index contributed by atoms with van der Waals surface area (Å²) < 4.78 is 0. The number of halogens is 1. The van der Waals surface area contributed by atoms with Gasteiger partial charge in [-0.3, -0.25) is 9.59 Å². The minimum Gasteiger partial charge on any atom is -0.338 e. The molecule has 0 unspecified atom stereocenters. The van der Waals surface area contributed by atoms with Crippen molar-refractivity contribution in [2.45, 2.75) is 43.4 Å². The molecule has 2 aliphatic heterocycles. The van der Waals surface area contributed by atoms with Crippen molar-refractivity contribution >= 4 is 35.2 Å². The van der Waals surface area contributed by atoms with E-state index in [1.165, 1.54) is 12.8 Å². The highest BCUT2D eigenvalue weighted by Crippen LogP contribution is 2.45. The number of nitrogens with zero attached hydrogens (tertiary/aromatic N) is 2. The Balaban J connectivity index is 1.43. The molecule has 6 heteroatoms. The van der Waals surface area contributed by atoms with E-state index in [-0.39, 0.29) is 16.7 Å². The molecular weight excluding hydrogens is 368 g/mol. The quantitative estimate of drug-likeness (QED) is 0.762. The van der Waals surface area contributed by atoms with Gasteiger partial charge < -0.3 is 9.80 Å². The van der Waals surface area contributed by atoms with Crippen molar-refractivity contribution < 1.29 is 9.59 Å². The second-order valence-electron chi connectivity index (χ2n) is 7.57. The lowest BCUT2D eigenvalue weighted by atomic mass is 9.98. The molecule has 1 aliphatic carbocycles. The Morgan fingerprint density at radius 3 is 2.54 bits per heavy atom. The molecule has 2 amide bonds. The van der Waals surface area contributed by atoms with E-state index in [1.807, 2.05) is 28.8 Å². The van der Waals surface area contributed by atoms with E-state index in [0.29, 0.717) is 29.6 Å². The molecule has 2 saturated heterocycles. The molecule has 2 heterocycles. The number of thioether (sulfide) groups is 1. The largest absolute Gasteiger partial charge is 0.338 e. The molecule has 3 fully saturated rings. The summed E-state index contributed by atoms with van der Waals surface area (Å²) in [5, 5.41) is 0.587. The maximum absolute atomic E-state index is 13.0. The first-order valence-corrected chi connectivity index (χ1v) is 11.0. The predicted molar refractivity (Wildman–Crippen MR) is 105 cm³/mol. The third-order valence-corrected chi connectivity index (χ3v) is 7.84. The summed E-state index contributed by atoms with van der Waals surface area (Å²) in [7, 11) is 0. The Kier molecular flexibility index (Phi) is 5.20. The Labute approximate surface area is 164 Å². The van der Waals surface area contributed by atoms with Crippen LogP contribution in [0.25, 0.3) is 0 Å². The van der Waals surface area contributed by atoms with E-state index in [1.54, 1.807) is 12.1 Å². The fourth-order valence-corrected chi connectivity index (χ4v) is 6.24. The first-order chi connectivity index (χ1) is 12.6. The highest BCUT2D eigenvalue weighted by atomic mass is 35.5. The van der Waals surface area contributed by atoms with Gasteiger partial charge in [-0.2, -0.15) is 0 Å². The summed E-state index contributed by atoms with van der Waals surface area (Å²) >= 11 is 7.94. The topological polar surface area (TPSA) is 40.6 Å². The van der Waals surface area contributed by atoms with Crippen molar-refractivity contribution in [3.8, 4) is 0 Å². The highest BCUT2D eigenvalue weighted by Gasteiger charge is 2.48. The molecule has 1 saturated carbocycles. The first kappa shape index (κ1) is 18.2. The van der Waals surface area contributed by atoms with E-state index < -0.39 is 0 Å². The highest BCUT2D eigenvalue weighted by molar-refractivity contribution is 8.00. The third-order valence-electron chi connectivity index (χ3n) is 6.05. The van der Waals surface area contributed by atoms with Crippen LogP contribution in [0.3, 0.4) is 0 Å². The number of carbonyl (C=O) groups excluding carboxylic acids is 2. The van der Waals surface area contributed by atoms with E-state index in [4.69, 9.17) is 11.6 Å². The number of likely N-dealkylation sites (tertiary alicyclic amines) is 1. The zero-order chi connectivity index (χ0) is 18.1. The zero-order valence-corrected chi connectivity index (χ0v) is 16.5. The normalized spacial score (nSPS) is 23.0. The molecule has 0 aromatic heterocycles. The minimum atomic E-state index is -0.0925. The van der Waals surface area contributed by atoms with Crippen LogP contribution in [-0.2, 0) is 4.79 Å². The number of piperidine rings is 1. The number of hydrogen-bond acceptors (Lipinski definition) is 3. The summed E-state index contributed by atoms with van der Waals surface area (Å²) in [5.74, 6) is 1.65. The van der Waals surface area contributed by atoms with Gasteiger partial charge in [-0.1, -0.05) is 30.5 Å². The van der Waals surface area contributed by atoms with Gasteiger partial charge in [0.15, 0.2) is 0 Å². The van der Waals surface area contributed by atoms with Crippen molar-refractivity contribution in [1.82, 2.24) is 9.80 Å². The Morgan fingerprint density at radius 2 is 1.85 bits per heavy atom. The van der Waals surface area contributed by atoms with Gasteiger partial charge in [0.2, 0.25) is 5.91 Å². The Hall–Kier alpha value is -1.20. The number of carbonyl (C=O) groups is 2. The fourth-order valence-electron chi connectivity index (χ4n) is 4.59. The number of rotatable bonds is 2. The monoisotopic (exact) mass is 392 g/mol. The van der Waals surface area contributed by atoms with Gasteiger partial charge in [0, 0.05) is 41.9 Å². The van der Waals surface area contributed by atoms with Crippen molar-refractivity contribution in [1.29, 1.82) is 0 Å². The second-order valence-corrected chi connectivity index (χ2v) is 9.46. The molecule has 0 radical (unpaired) electrons.